The number of aryl methyl sites for hydroxylation is 2. The van der Waals surface area contributed by atoms with E-state index in [9.17, 15) is 14.9 Å². The fourth-order valence-electron chi connectivity index (χ4n) is 2.96. The van der Waals surface area contributed by atoms with E-state index < -0.39 is 11.9 Å². The molecule has 0 aliphatic carbocycles. The second-order valence-corrected chi connectivity index (χ2v) is 7.25. The fourth-order valence-corrected chi connectivity index (χ4v) is 2.96. The fraction of sp³-hybridized carbons (Fsp3) is 0.115. The molecule has 0 aliphatic rings. The number of hydrogen-bond donors (Lipinski definition) is 2. The summed E-state index contributed by atoms with van der Waals surface area (Å²) in [6, 6.07) is 21.0. The minimum atomic E-state index is -0.990. The number of carbonyl (C=O) groups is 2. The minimum absolute atomic E-state index is 0.0508. The highest BCUT2D eigenvalue weighted by molar-refractivity contribution is 6.09. The second kappa shape index (κ2) is 10.1. The number of aromatic carboxylic acids is 1. The van der Waals surface area contributed by atoms with Crippen LogP contribution in [-0.2, 0) is 11.4 Å². The maximum absolute atomic E-state index is 12.6. The normalized spacial score (nSPS) is 10.8. The van der Waals surface area contributed by atoms with Gasteiger partial charge in [0.05, 0.1) is 5.56 Å². The Morgan fingerprint density at radius 2 is 1.75 bits per heavy atom. The Bertz CT molecular complexity index is 1220. The van der Waals surface area contributed by atoms with E-state index in [2.05, 4.69) is 5.32 Å². The quantitative estimate of drug-likeness (QED) is 0.403. The molecule has 3 rings (SSSR count). The van der Waals surface area contributed by atoms with Crippen molar-refractivity contribution in [3.63, 3.8) is 0 Å². The summed E-state index contributed by atoms with van der Waals surface area (Å²) in [5.74, 6) is -0.993. The highest BCUT2D eigenvalue weighted by Gasteiger charge is 2.12. The first-order chi connectivity index (χ1) is 15.4. The number of carbonyl (C=O) groups excluding carboxylic acids is 1. The molecule has 0 fully saturated rings. The standard InChI is InChI=1S/C26H22N2O4/c1-17-7-12-23(13-18(17)2)28-25(29)22(15-27)14-21-5-3-4-6-24(21)32-16-19-8-10-20(11-9-19)26(30)31/h3-14H,16H2,1-2H3,(H,28,29)(H,30,31). The second-order valence-electron chi connectivity index (χ2n) is 7.25. The van der Waals surface area contributed by atoms with Crippen molar-refractivity contribution in [3.05, 3.63) is 100 Å². The number of nitrogens with zero attached hydrogens (tertiary/aromatic N) is 1. The number of nitriles is 1. The van der Waals surface area contributed by atoms with Crippen molar-refractivity contribution < 1.29 is 19.4 Å². The van der Waals surface area contributed by atoms with Gasteiger partial charge < -0.3 is 15.2 Å². The number of ether oxygens (including phenoxy) is 1. The SMILES string of the molecule is Cc1ccc(NC(=O)C(C#N)=Cc2ccccc2OCc2ccc(C(=O)O)cc2)cc1C. The van der Waals surface area contributed by atoms with Crippen molar-refractivity contribution >= 4 is 23.6 Å². The molecular weight excluding hydrogens is 404 g/mol. The first-order valence-electron chi connectivity index (χ1n) is 9.92. The predicted octanol–water partition coefficient (Wildman–Crippen LogP) is 5.13. The minimum Gasteiger partial charge on any atom is -0.488 e. The Kier molecular flexibility index (Phi) is 7.04. The van der Waals surface area contributed by atoms with Crippen LogP contribution in [0.3, 0.4) is 0 Å². The summed E-state index contributed by atoms with van der Waals surface area (Å²) in [6.45, 7) is 4.15. The Morgan fingerprint density at radius 1 is 1.03 bits per heavy atom. The van der Waals surface area contributed by atoms with E-state index in [1.807, 2.05) is 32.0 Å². The molecule has 0 saturated carbocycles. The van der Waals surface area contributed by atoms with Gasteiger partial charge in [0, 0.05) is 11.3 Å². The van der Waals surface area contributed by atoms with Crippen molar-refractivity contribution in [2.75, 3.05) is 5.32 Å². The van der Waals surface area contributed by atoms with Gasteiger partial charge in [0.1, 0.15) is 24.0 Å². The summed E-state index contributed by atoms with van der Waals surface area (Å²) in [5.41, 5.74) is 4.30. The lowest BCUT2D eigenvalue weighted by Crippen LogP contribution is -2.13. The van der Waals surface area contributed by atoms with Gasteiger partial charge in [-0.3, -0.25) is 4.79 Å². The molecule has 0 atom stereocenters. The van der Waals surface area contributed by atoms with Gasteiger partial charge in [-0.15, -0.1) is 0 Å². The summed E-state index contributed by atoms with van der Waals surface area (Å²) in [4.78, 5) is 23.6. The zero-order chi connectivity index (χ0) is 23.1. The van der Waals surface area contributed by atoms with Gasteiger partial charge in [0.25, 0.3) is 5.91 Å². The van der Waals surface area contributed by atoms with E-state index in [4.69, 9.17) is 9.84 Å². The molecule has 0 aromatic heterocycles. The third-order valence-corrected chi connectivity index (χ3v) is 4.94. The molecule has 160 valence electrons. The third kappa shape index (κ3) is 5.61. The summed E-state index contributed by atoms with van der Waals surface area (Å²) >= 11 is 0. The van der Waals surface area contributed by atoms with E-state index in [-0.39, 0.29) is 17.7 Å². The molecule has 3 aromatic carbocycles. The number of para-hydroxylation sites is 1. The number of carboxylic acid groups (broad SMARTS) is 1. The zero-order valence-electron chi connectivity index (χ0n) is 17.8. The summed E-state index contributed by atoms with van der Waals surface area (Å²) < 4.78 is 5.86. The van der Waals surface area contributed by atoms with Gasteiger partial charge in [-0.05, 0) is 66.9 Å². The smallest absolute Gasteiger partial charge is 0.335 e. The van der Waals surface area contributed by atoms with Crippen molar-refractivity contribution in [2.45, 2.75) is 20.5 Å². The summed E-state index contributed by atoms with van der Waals surface area (Å²) in [7, 11) is 0. The lowest BCUT2D eigenvalue weighted by molar-refractivity contribution is -0.112. The molecule has 0 heterocycles. The van der Waals surface area contributed by atoms with Crippen LogP contribution in [0.1, 0.15) is 32.6 Å². The topological polar surface area (TPSA) is 99.4 Å². The average molecular weight is 426 g/mol. The van der Waals surface area contributed by atoms with E-state index in [1.165, 1.54) is 18.2 Å². The van der Waals surface area contributed by atoms with Gasteiger partial charge >= 0.3 is 5.97 Å². The van der Waals surface area contributed by atoms with Crippen LogP contribution in [0.2, 0.25) is 0 Å². The molecule has 0 unspecified atom stereocenters. The third-order valence-electron chi connectivity index (χ3n) is 4.94. The number of rotatable bonds is 7. The number of nitrogens with one attached hydrogen (secondary N) is 1. The molecule has 2 N–H and O–H groups in total. The van der Waals surface area contributed by atoms with Gasteiger partial charge in [-0.1, -0.05) is 36.4 Å². The molecule has 32 heavy (non-hydrogen) atoms. The van der Waals surface area contributed by atoms with Gasteiger partial charge in [0.15, 0.2) is 0 Å². The summed E-state index contributed by atoms with van der Waals surface area (Å²) in [5, 5.41) is 21.3. The number of benzene rings is 3. The van der Waals surface area contributed by atoms with Crippen LogP contribution in [0.4, 0.5) is 5.69 Å². The molecule has 6 heteroatoms. The molecule has 0 aliphatic heterocycles. The Labute approximate surface area is 186 Å². The monoisotopic (exact) mass is 426 g/mol. The van der Waals surface area contributed by atoms with Gasteiger partial charge in [-0.2, -0.15) is 5.26 Å². The van der Waals surface area contributed by atoms with Crippen LogP contribution in [-0.4, -0.2) is 17.0 Å². The van der Waals surface area contributed by atoms with Crippen LogP contribution < -0.4 is 10.1 Å². The molecule has 3 aromatic rings. The number of hydrogen-bond acceptors (Lipinski definition) is 4. The highest BCUT2D eigenvalue weighted by atomic mass is 16.5. The highest BCUT2D eigenvalue weighted by Crippen LogP contribution is 2.23. The number of anilines is 1. The van der Waals surface area contributed by atoms with Crippen LogP contribution >= 0.6 is 0 Å². The molecule has 0 saturated heterocycles. The van der Waals surface area contributed by atoms with Crippen LogP contribution in [0.25, 0.3) is 6.08 Å². The van der Waals surface area contributed by atoms with Gasteiger partial charge in [-0.25, -0.2) is 4.79 Å². The predicted molar refractivity (Wildman–Crippen MR) is 122 cm³/mol. The van der Waals surface area contributed by atoms with E-state index in [0.29, 0.717) is 17.0 Å². The molecular formula is C26H22N2O4. The van der Waals surface area contributed by atoms with Gasteiger partial charge in [0.2, 0.25) is 0 Å². The first-order valence-corrected chi connectivity index (χ1v) is 9.92. The molecule has 0 spiro atoms. The van der Waals surface area contributed by atoms with Crippen LogP contribution in [0.15, 0.2) is 72.3 Å². The first kappa shape index (κ1) is 22.3. The lowest BCUT2D eigenvalue weighted by Gasteiger charge is -2.10. The zero-order valence-corrected chi connectivity index (χ0v) is 17.8. The van der Waals surface area contributed by atoms with Crippen molar-refractivity contribution in [3.8, 4) is 11.8 Å². The Morgan fingerprint density at radius 3 is 2.41 bits per heavy atom. The van der Waals surface area contributed by atoms with Crippen molar-refractivity contribution in [1.82, 2.24) is 0 Å². The lowest BCUT2D eigenvalue weighted by atomic mass is 10.1. The Balaban J connectivity index is 1.76. The van der Waals surface area contributed by atoms with E-state index in [0.717, 1.165) is 16.7 Å². The molecule has 6 nitrogen and oxygen atoms in total. The molecule has 0 bridgehead atoms. The number of carboxylic acids is 1. The van der Waals surface area contributed by atoms with Crippen molar-refractivity contribution in [1.29, 1.82) is 5.26 Å². The number of amides is 1. The van der Waals surface area contributed by atoms with Crippen LogP contribution in [0, 0.1) is 25.2 Å². The largest absolute Gasteiger partial charge is 0.488 e. The average Bonchev–Trinajstić information content (AvgIpc) is 2.79. The van der Waals surface area contributed by atoms with E-state index >= 15 is 0 Å². The Hall–Kier alpha value is -4.37. The molecule has 0 radical (unpaired) electrons. The van der Waals surface area contributed by atoms with Crippen molar-refractivity contribution in [2.24, 2.45) is 0 Å². The van der Waals surface area contributed by atoms with Crippen LogP contribution in [0.5, 0.6) is 5.75 Å². The maximum Gasteiger partial charge on any atom is 0.335 e. The maximum atomic E-state index is 12.6. The molecule has 1 amide bonds. The van der Waals surface area contributed by atoms with E-state index in [1.54, 1.807) is 42.5 Å². The summed E-state index contributed by atoms with van der Waals surface area (Å²) in [6.07, 6.45) is 1.49.